The highest BCUT2D eigenvalue weighted by Crippen LogP contribution is 1.98. The third-order valence-electron chi connectivity index (χ3n) is 1.07. The summed E-state index contributed by atoms with van der Waals surface area (Å²) in [5, 5.41) is 8.20. The predicted octanol–water partition coefficient (Wildman–Crippen LogP) is 3.40. The Labute approximate surface area is 85.4 Å². The van der Waals surface area contributed by atoms with Crippen molar-refractivity contribution in [2.45, 2.75) is 20.8 Å². The molecule has 0 saturated carbocycles. The summed E-state index contributed by atoms with van der Waals surface area (Å²) in [5.74, 6) is 0. The Morgan fingerprint density at radius 3 is 2.43 bits per heavy atom. The van der Waals surface area contributed by atoms with Crippen molar-refractivity contribution >= 4 is 6.16 Å². The molecule has 0 aliphatic heterocycles. The van der Waals surface area contributed by atoms with E-state index in [2.05, 4.69) is 11.3 Å². The summed E-state index contributed by atoms with van der Waals surface area (Å²) in [7, 11) is 0. The van der Waals surface area contributed by atoms with Crippen molar-refractivity contribution in [2.24, 2.45) is 0 Å². The van der Waals surface area contributed by atoms with Gasteiger partial charge in [0.05, 0.1) is 0 Å². The minimum atomic E-state index is -1.27. The number of hydrogen-bond donors (Lipinski definition) is 1. The first kappa shape index (κ1) is 15.0. The molecule has 0 aromatic carbocycles. The Morgan fingerprint density at radius 1 is 1.50 bits per heavy atom. The van der Waals surface area contributed by atoms with E-state index in [4.69, 9.17) is 5.11 Å². The minimum absolute atomic E-state index is 0.0612. The molecule has 0 rings (SSSR count). The van der Waals surface area contributed by atoms with E-state index in [1.807, 2.05) is 20.8 Å². The highest BCUT2D eigenvalue weighted by Gasteiger charge is 1.96. The quantitative estimate of drug-likeness (QED) is 0.556. The first-order chi connectivity index (χ1) is 6.70. The lowest BCUT2D eigenvalue weighted by Crippen LogP contribution is -2.02. The molecule has 0 spiro atoms. The number of rotatable bonds is 4. The lowest BCUT2D eigenvalue weighted by molar-refractivity contribution is 0.100. The number of carboxylic acid groups (broad SMARTS) is 1. The van der Waals surface area contributed by atoms with E-state index < -0.39 is 6.16 Å². The second-order valence-corrected chi connectivity index (χ2v) is 2.03. The fourth-order valence-corrected chi connectivity index (χ4v) is 0.662. The van der Waals surface area contributed by atoms with Crippen LogP contribution in [0.15, 0.2) is 36.5 Å². The topological polar surface area (TPSA) is 46.5 Å². The average molecular weight is 198 g/mol. The van der Waals surface area contributed by atoms with Gasteiger partial charge in [-0.3, -0.25) is 0 Å². The smallest absolute Gasteiger partial charge is 0.450 e. The van der Waals surface area contributed by atoms with Crippen LogP contribution in [-0.4, -0.2) is 17.9 Å². The normalized spacial score (nSPS) is 10.4. The summed E-state index contributed by atoms with van der Waals surface area (Å²) >= 11 is 0. The monoisotopic (exact) mass is 198 g/mol. The number of hydrogen-bond acceptors (Lipinski definition) is 2. The maximum Gasteiger partial charge on any atom is 0.506 e. The van der Waals surface area contributed by atoms with Crippen LogP contribution < -0.4 is 0 Å². The molecule has 1 N–H and O–H groups in total. The van der Waals surface area contributed by atoms with Gasteiger partial charge in [-0.15, -0.1) is 0 Å². The Hall–Kier alpha value is -1.51. The number of allylic oxidation sites excluding steroid dienone is 3. The van der Waals surface area contributed by atoms with Crippen LogP contribution in [-0.2, 0) is 4.74 Å². The van der Waals surface area contributed by atoms with Gasteiger partial charge in [0, 0.05) is 0 Å². The molecule has 0 heterocycles. The molecule has 0 aromatic heterocycles. The number of carbonyl (C=O) groups is 1. The molecule has 0 aliphatic rings. The molecule has 0 radical (unpaired) electrons. The van der Waals surface area contributed by atoms with Crippen molar-refractivity contribution in [3.8, 4) is 0 Å². The van der Waals surface area contributed by atoms with Crippen LogP contribution in [0.25, 0.3) is 0 Å². The van der Waals surface area contributed by atoms with Crippen LogP contribution in [0.1, 0.15) is 20.8 Å². The van der Waals surface area contributed by atoms with Gasteiger partial charge in [0.1, 0.15) is 6.61 Å². The van der Waals surface area contributed by atoms with Gasteiger partial charge in [-0.1, -0.05) is 44.7 Å². The highest BCUT2D eigenvalue weighted by molar-refractivity contribution is 5.57. The molecule has 0 fully saturated rings. The molecule has 0 saturated heterocycles. The Morgan fingerprint density at radius 2 is 2.07 bits per heavy atom. The molecule has 0 atom stereocenters. The van der Waals surface area contributed by atoms with E-state index in [1.165, 1.54) is 0 Å². The summed E-state index contributed by atoms with van der Waals surface area (Å²) in [6.45, 7) is 9.40. The van der Waals surface area contributed by atoms with Crippen LogP contribution in [0, 0.1) is 0 Å². The Bertz CT molecular complexity index is 215. The molecule has 0 unspecified atom stereocenters. The fourth-order valence-electron chi connectivity index (χ4n) is 0.662. The molecule has 0 aliphatic carbocycles. The standard InChI is InChI=1S/C9H12O3.C2H6/c1-3-5-8(6-4-2)7-12-9(10)11;1-2/h3-6H,1,7H2,2H3,(H,10,11);1-2H3/b6-4-,8-5+;. The van der Waals surface area contributed by atoms with Gasteiger partial charge in [0.25, 0.3) is 0 Å². The molecule has 80 valence electrons. The first-order valence-electron chi connectivity index (χ1n) is 4.50. The lowest BCUT2D eigenvalue weighted by atomic mass is 10.2. The third-order valence-corrected chi connectivity index (χ3v) is 1.07. The molecule has 0 amide bonds. The second kappa shape index (κ2) is 11.5. The largest absolute Gasteiger partial charge is 0.506 e. The van der Waals surface area contributed by atoms with Crippen molar-refractivity contribution in [1.82, 2.24) is 0 Å². The molecule has 3 heteroatoms. The minimum Gasteiger partial charge on any atom is -0.450 e. The summed E-state index contributed by atoms with van der Waals surface area (Å²) < 4.78 is 4.36. The van der Waals surface area contributed by atoms with Crippen molar-refractivity contribution in [3.05, 3.63) is 36.5 Å². The van der Waals surface area contributed by atoms with E-state index in [-0.39, 0.29) is 6.61 Å². The van der Waals surface area contributed by atoms with Crippen molar-refractivity contribution in [2.75, 3.05) is 6.61 Å². The zero-order chi connectivity index (χ0) is 11.4. The fraction of sp³-hybridized carbons (Fsp3) is 0.364. The van der Waals surface area contributed by atoms with Crippen LogP contribution in [0.4, 0.5) is 4.79 Å². The van der Waals surface area contributed by atoms with Crippen LogP contribution >= 0.6 is 0 Å². The van der Waals surface area contributed by atoms with Gasteiger partial charge in [-0.25, -0.2) is 4.79 Å². The van der Waals surface area contributed by atoms with E-state index >= 15 is 0 Å². The Balaban J connectivity index is 0. The summed E-state index contributed by atoms with van der Waals surface area (Å²) in [6.07, 6.45) is 5.59. The summed E-state index contributed by atoms with van der Waals surface area (Å²) in [4.78, 5) is 10.0. The lowest BCUT2D eigenvalue weighted by Gasteiger charge is -1.99. The molecular weight excluding hydrogens is 180 g/mol. The van der Waals surface area contributed by atoms with E-state index in [9.17, 15) is 4.79 Å². The van der Waals surface area contributed by atoms with Gasteiger partial charge < -0.3 is 9.84 Å². The summed E-state index contributed by atoms with van der Waals surface area (Å²) in [5.41, 5.74) is 0.773. The average Bonchev–Trinajstić information content (AvgIpc) is 2.18. The zero-order valence-electron chi connectivity index (χ0n) is 8.99. The van der Waals surface area contributed by atoms with Crippen molar-refractivity contribution < 1.29 is 14.6 Å². The summed E-state index contributed by atoms with van der Waals surface area (Å²) in [6, 6.07) is 0. The molecular formula is C11H18O3. The van der Waals surface area contributed by atoms with E-state index in [1.54, 1.807) is 24.3 Å². The first-order valence-corrected chi connectivity index (χ1v) is 4.50. The molecule has 0 bridgehead atoms. The van der Waals surface area contributed by atoms with Crippen molar-refractivity contribution in [3.63, 3.8) is 0 Å². The zero-order valence-corrected chi connectivity index (χ0v) is 8.99. The third kappa shape index (κ3) is 10.5. The Kier molecular flexibility index (Phi) is 12.3. The molecule has 14 heavy (non-hydrogen) atoms. The molecule has 0 aromatic rings. The maximum atomic E-state index is 10.0. The molecule has 3 nitrogen and oxygen atoms in total. The van der Waals surface area contributed by atoms with Gasteiger partial charge in [0.15, 0.2) is 0 Å². The SMILES string of the molecule is C=C/C=C(\C=C/C)COC(=O)O.CC. The highest BCUT2D eigenvalue weighted by atomic mass is 16.7. The van der Waals surface area contributed by atoms with Gasteiger partial charge in [-0.05, 0) is 12.5 Å². The van der Waals surface area contributed by atoms with Crippen molar-refractivity contribution in [1.29, 1.82) is 0 Å². The van der Waals surface area contributed by atoms with Crippen LogP contribution in [0.5, 0.6) is 0 Å². The number of ether oxygens (including phenoxy) is 1. The maximum absolute atomic E-state index is 10.0. The second-order valence-electron chi connectivity index (χ2n) is 2.03. The van der Waals surface area contributed by atoms with E-state index in [0.717, 1.165) is 5.57 Å². The predicted molar refractivity (Wildman–Crippen MR) is 58.4 cm³/mol. The van der Waals surface area contributed by atoms with Crippen LogP contribution in [0.3, 0.4) is 0 Å². The van der Waals surface area contributed by atoms with Gasteiger partial charge in [-0.2, -0.15) is 0 Å². The van der Waals surface area contributed by atoms with Gasteiger partial charge >= 0.3 is 6.16 Å². The van der Waals surface area contributed by atoms with E-state index in [0.29, 0.717) is 0 Å². The van der Waals surface area contributed by atoms with Gasteiger partial charge in [0.2, 0.25) is 0 Å². The van der Waals surface area contributed by atoms with Crippen LogP contribution in [0.2, 0.25) is 0 Å².